The van der Waals surface area contributed by atoms with E-state index in [0.29, 0.717) is 5.69 Å². The van der Waals surface area contributed by atoms with Crippen LogP contribution in [0.4, 0.5) is 11.4 Å². The Labute approximate surface area is 106 Å². The van der Waals surface area contributed by atoms with E-state index in [1.165, 1.54) is 0 Å². The predicted octanol–water partition coefficient (Wildman–Crippen LogP) is 2.53. The Balaban J connectivity index is 2.30. The Bertz CT molecular complexity index is 573. The summed E-state index contributed by atoms with van der Waals surface area (Å²) in [5.41, 5.74) is 9.19. The summed E-state index contributed by atoms with van der Waals surface area (Å²) in [6.07, 6.45) is 1.55. The average molecular weight is 241 g/mol. The van der Waals surface area contributed by atoms with E-state index in [0.717, 1.165) is 16.8 Å². The van der Waals surface area contributed by atoms with Gasteiger partial charge in [0.05, 0.1) is 5.69 Å². The van der Waals surface area contributed by atoms with Crippen molar-refractivity contribution in [3.05, 3.63) is 53.3 Å². The lowest BCUT2D eigenvalue weighted by Crippen LogP contribution is -2.17. The molecule has 0 fully saturated rings. The Morgan fingerprint density at radius 2 is 1.83 bits per heavy atom. The van der Waals surface area contributed by atoms with E-state index in [1.54, 1.807) is 18.3 Å². The van der Waals surface area contributed by atoms with Gasteiger partial charge in [-0.2, -0.15) is 0 Å². The first-order valence-electron chi connectivity index (χ1n) is 5.67. The molecule has 0 bridgehead atoms. The van der Waals surface area contributed by atoms with Gasteiger partial charge in [-0.3, -0.25) is 4.79 Å². The number of aromatic nitrogens is 1. The molecule has 0 aliphatic carbocycles. The summed E-state index contributed by atoms with van der Waals surface area (Å²) in [4.78, 5) is 16.1. The van der Waals surface area contributed by atoms with E-state index in [1.807, 2.05) is 32.0 Å². The topological polar surface area (TPSA) is 68.0 Å². The molecule has 0 aliphatic heterocycles. The molecule has 0 spiro atoms. The standard InChI is InChI=1S/C14H15N3O/c1-9-5-3-6-10(2)12(9)17-14(18)13-11(15)7-4-8-16-13/h3-8H,15H2,1-2H3,(H,17,18). The Kier molecular flexibility index (Phi) is 3.28. The van der Waals surface area contributed by atoms with Crippen LogP contribution in [0.2, 0.25) is 0 Å². The highest BCUT2D eigenvalue weighted by Gasteiger charge is 2.13. The molecule has 3 N–H and O–H groups in total. The van der Waals surface area contributed by atoms with Crippen LogP contribution in [0.25, 0.3) is 0 Å². The number of benzene rings is 1. The third kappa shape index (κ3) is 2.32. The number of nitrogens with zero attached hydrogens (tertiary/aromatic N) is 1. The van der Waals surface area contributed by atoms with E-state index in [-0.39, 0.29) is 11.6 Å². The molecule has 92 valence electrons. The summed E-state index contributed by atoms with van der Waals surface area (Å²) >= 11 is 0. The van der Waals surface area contributed by atoms with E-state index in [2.05, 4.69) is 10.3 Å². The number of carbonyl (C=O) groups excluding carboxylic acids is 1. The van der Waals surface area contributed by atoms with Crippen molar-refractivity contribution in [2.45, 2.75) is 13.8 Å². The fourth-order valence-corrected chi connectivity index (χ4v) is 1.79. The van der Waals surface area contributed by atoms with Crippen LogP contribution in [0, 0.1) is 13.8 Å². The normalized spacial score (nSPS) is 10.1. The van der Waals surface area contributed by atoms with E-state index >= 15 is 0 Å². The summed E-state index contributed by atoms with van der Waals surface area (Å²) in [5, 5.41) is 2.85. The van der Waals surface area contributed by atoms with Gasteiger partial charge < -0.3 is 11.1 Å². The van der Waals surface area contributed by atoms with Crippen LogP contribution in [0.5, 0.6) is 0 Å². The number of nitrogens with two attached hydrogens (primary N) is 1. The summed E-state index contributed by atoms with van der Waals surface area (Å²) in [6, 6.07) is 9.21. The Morgan fingerprint density at radius 3 is 2.44 bits per heavy atom. The zero-order valence-electron chi connectivity index (χ0n) is 10.4. The maximum atomic E-state index is 12.1. The zero-order chi connectivity index (χ0) is 13.1. The number of aryl methyl sites for hydroxylation is 2. The lowest BCUT2D eigenvalue weighted by atomic mass is 10.1. The summed E-state index contributed by atoms with van der Waals surface area (Å²) in [7, 11) is 0. The predicted molar refractivity (Wildman–Crippen MR) is 72.5 cm³/mol. The van der Waals surface area contributed by atoms with Crippen LogP contribution in [-0.4, -0.2) is 10.9 Å². The van der Waals surface area contributed by atoms with Crippen LogP contribution in [0.1, 0.15) is 21.6 Å². The molecule has 4 heteroatoms. The average Bonchev–Trinajstić information content (AvgIpc) is 2.34. The second-order valence-corrected chi connectivity index (χ2v) is 4.16. The lowest BCUT2D eigenvalue weighted by Gasteiger charge is -2.11. The van der Waals surface area contributed by atoms with Crippen LogP contribution >= 0.6 is 0 Å². The van der Waals surface area contributed by atoms with Crippen molar-refractivity contribution in [1.29, 1.82) is 0 Å². The van der Waals surface area contributed by atoms with Crippen molar-refractivity contribution in [1.82, 2.24) is 4.98 Å². The van der Waals surface area contributed by atoms with Crippen LogP contribution < -0.4 is 11.1 Å². The number of anilines is 2. The van der Waals surface area contributed by atoms with Crippen LogP contribution in [0.15, 0.2) is 36.5 Å². The fraction of sp³-hybridized carbons (Fsp3) is 0.143. The van der Waals surface area contributed by atoms with Crippen LogP contribution in [0.3, 0.4) is 0 Å². The maximum absolute atomic E-state index is 12.1. The molecule has 0 saturated carbocycles. The van der Waals surface area contributed by atoms with Gasteiger partial charge in [-0.15, -0.1) is 0 Å². The molecule has 0 aliphatic rings. The maximum Gasteiger partial charge on any atom is 0.276 e. The molecule has 0 saturated heterocycles. The summed E-state index contributed by atoms with van der Waals surface area (Å²) in [5.74, 6) is -0.287. The molecule has 0 radical (unpaired) electrons. The minimum absolute atomic E-state index is 0.250. The third-order valence-corrected chi connectivity index (χ3v) is 2.77. The summed E-state index contributed by atoms with van der Waals surface area (Å²) < 4.78 is 0. The molecular weight excluding hydrogens is 226 g/mol. The number of carbonyl (C=O) groups is 1. The van der Waals surface area contributed by atoms with Gasteiger partial charge in [0.15, 0.2) is 5.69 Å². The molecular formula is C14H15N3O. The minimum atomic E-state index is -0.287. The number of amides is 1. The Hall–Kier alpha value is -2.36. The van der Waals surface area contributed by atoms with Gasteiger partial charge in [0.2, 0.25) is 0 Å². The van der Waals surface area contributed by atoms with Gasteiger partial charge in [0.1, 0.15) is 0 Å². The highest BCUT2D eigenvalue weighted by atomic mass is 16.1. The molecule has 2 aromatic rings. The van der Waals surface area contributed by atoms with Gasteiger partial charge in [0, 0.05) is 11.9 Å². The Morgan fingerprint density at radius 1 is 1.17 bits per heavy atom. The molecule has 18 heavy (non-hydrogen) atoms. The molecule has 0 unspecified atom stereocenters. The van der Waals surface area contributed by atoms with Crippen molar-refractivity contribution in [2.75, 3.05) is 11.1 Å². The fourth-order valence-electron chi connectivity index (χ4n) is 1.79. The molecule has 1 aromatic carbocycles. The molecule has 1 heterocycles. The molecule has 1 amide bonds. The third-order valence-electron chi connectivity index (χ3n) is 2.77. The zero-order valence-corrected chi connectivity index (χ0v) is 10.4. The van der Waals surface area contributed by atoms with Crippen molar-refractivity contribution in [3.8, 4) is 0 Å². The second kappa shape index (κ2) is 4.87. The number of hydrogen-bond acceptors (Lipinski definition) is 3. The second-order valence-electron chi connectivity index (χ2n) is 4.16. The highest BCUT2D eigenvalue weighted by Crippen LogP contribution is 2.20. The first-order chi connectivity index (χ1) is 8.59. The monoisotopic (exact) mass is 241 g/mol. The number of pyridine rings is 1. The number of para-hydroxylation sites is 1. The smallest absolute Gasteiger partial charge is 0.276 e. The van der Waals surface area contributed by atoms with Gasteiger partial charge in [0.25, 0.3) is 5.91 Å². The first kappa shape index (κ1) is 12.1. The van der Waals surface area contributed by atoms with Crippen molar-refractivity contribution >= 4 is 17.3 Å². The van der Waals surface area contributed by atoms with E-state index in [4.69, 9.17) is 5.73 Å². The quantitative estimate of drug-likeness (QED) is 0.849. The van der Waals surface area contributed by atoms with Crippen molar-refractivity contribution in [3.63, 3.8) is 0 Å². The summed E-state index contributed by atoms with van der Waals surface area (Å²) in [6.45, 7) is 3.90. The van der Waals surface area contributed by atoms with Crippen molar-refractivity contribution in [2.24, 2.45) is 0 Å². The van der Waals surface area contributed by atoms with E-state index in [9.17, 15) is 4.79 Å². The number of hydrogen-bond donors (Lipinski definition) is 2. The SMILES string of the molecule is Cc1cccc(C)c1NC(=O)c1ncccc1N. The molecule has 2 rings (SSSR count). The van der Waals surface area contributed by atoms with E-state index < -0.39 is 0 Å². The highest BCUT2D eigenvalue weighted by molar-refractivity contribution is 6.06. The molecule has 1 aromatic heterocycles. The molecule has 0 atom stereocenters. The lowest BCUT2D eigenvalue weighted by molar-refractivity contribution is 0.102. The van der Waals surface area contributed by atoms with Gasteiger partial charge >= 0.3 is 0 Å². The minimum Gasteiger partial charge on any atom is -0.397 e. The number of nitrogens with one attached hydrogen (secondary N) is 1. The van der Waals surface area contributed by atoms with Gasteiger partial charge in [-0.25, -0.2) is 4.98 Å². The van der Waals surface area contributed by atoms with Gasteiger partial charge in [-0.1, -0.05) is 18.2 Å². The van der Waals surface area contributed by atoms with Crippen LogP contribution in [-0.2, 0) is 0 Å². The largest absolute Gasteiger partial charge is 0.397 e. The first-order valence-corrected chi connectivity index (χ1v) is 5.67. The number of rotatable bonds is 2. The van der Waals surface area contributed by atoms with Crippen molar-refractivity contribution < 1.29 is 4.79 Å². The number of nitrogen functional groups attached to an aromatic ring is 1. The van der Waals surface area contributed by atoms with Gasteiger partial charge in [-0.05, 0) is 37.1 Å². The molecule has 4 nitrogen and oxygen atoms in total.